The predicted octanol–water partition coefficient (Wildman–Crippen LogP) is 3.68. The monoisotopic (exact) mass is 324 g/mol. The zero-order valence-corrected chi connectivity index (χ0v) is 13.9. The molecule has 1 aliphatic rings. The summed E-state index contributed by atoms with van der Waals surface area (Å²) in [6.07, 6.45) is 2.15. The molecule has 1 aliphatic heterocycles. The molecule has 124 valence electrons. The van der Waals surface area contributed by atoms with Crippen molar-refractivity contribution in [3.05, 3.63) is 53.2 Å². The Balaban J connectivity index is 1.56. The van der Waals surface area contributed by atoms with Gasteiger partial charge >= 0.3 is 0 Å². The molecule has 0 radical (unpaired) electrons. The van der Waals surface area contributed by atoms with Gasteiger partial charge in [0.05, 0.1) is 11.7 Å². The van der Waals surface area contributed by atoms with Crippen LogP contribution in [0.25, 0.3) is 11.4 Å². The molecule has 0 amide bonds. The quantitative estimate of drug-likeness (QED) is 0.729. The van der Waals surface area contributed by atoms with Crippen molar-refractivity contribution in [3.8, 4) is 11.4 Å². The van der Waals surface area contributed by atoms with E-state index in [1.807, 2.05) is 44.2 Å². The first-order chi connectivity index (χ1) is 11.7. The number of rotatable bonds is 4. The van der Waals surface area contributed by atoms with Crippen LogP contribution in [-0.4, -0.2) is 26.7 Å². The van der Waals surface area contributed by atoms with Gasteiger partial charge in [0, 0.05) is 17.7 Å². The number of aryl methyl sites for hydroxylation is 2. The third-order valence-corrected chi connectivity index (χ3v) is 4.66. The van der Waals surface area contributed by atoms with E-state index in [0.29, 0.717) is 11.7 Å². The largest absolute Gasteiger partial charge is 0.361 e. The van der Waals surface area contributed by atoms with E-state index in [2.05, 4.69) is 20.2 Å². The Labute approximate surface area is 140 Å². The van der Waals surface area contributed by atoms with E-state index in [1.165, 1.54) is 0 Å². The molecule has 0 bridgehead atoms. The van der Waals surface area contributed by atoms with Gasteiger partial charge in [-0.1, -0.05) is 40.6 Å². The lowest BCUT2D eigenvalue weighted by Gasteiger charge is -2.21. The number of likely N-dealkylation sites (tertiary alicyclic amines) is 1. The first kappa shape index (κ1) is 15.1. The zero-order chi connectivity index (χ0) is 16.5. The molecule has 0 N–H and O–H groups in total. The van der Waals surface area contributed by atoms with Crippen molar-refractivity contribution in [1.29, 1.82) is 0 Å². The third kappa shape index (κ3) is 2.73. The molecule has 6 nitrogen and oxygen atoms in total. The minimum absolute atomic E-state index is 0.156. The second kappa shape index (κ2) is 6.20. The van der Waals surface area contributed by atoms with Crippen LogP contribution in [0.1, 0.15) is 41.8 Å². The van der Waals surface area contributed by atoms with Crippen molar-refractivity contribution in [1.82, 2.24) is 20.2 Å². The summed E-state index contributed by atoms with van der Waals surface area (Å²) in [5, 5.41) is 8.20. The van der Waals surface area contributed by atoms with Crippen LogP contribution in [0.2, 0.25) is 0 Å². The average Bonchev–Trinajstić information content (AvgIpc) is 3.32. The maximum atomic E-state index is 5.57. The topological polar surface area (TPSA) is 68.2 Å². The summed E-state index contributed by atoms with van der Waals surface area (Å²) < 4.78 is 10.9. The Hall–Kier alpha value is -2.47. The third-order valence-electron chi connectivity index (χ3n) is 4.66. The van der Waals surface area contributed by atoms with Crippen molar-refractivity contribution in [2.45, 2.75) is 39.3 Å². The predicted molar refractivity (Wildman–Crippen MR) is 88.1 cm³/mol. The molecule has 4 rings (SSSR count). The molecule has 0 aliphatic carbocycles. The second-order valence-electron chi connectivity index (χ2n) is 6.25. The number of hydrogen-bond acceptors (Lipinski definition) is 6. The van der Waals surface area contributed by atoms with Gasteiger partial charge in [-0.3, -0.25) is 4.90 Å². The van der Waals surface area contributed by atoms with Crippen molar-refractivity contribution in [3.63, 3.8) is 0 Å². The highest BCUT2D eigenvalue weighted by Gasteiger charge is 2.32. The Morgan fingerprint density at radius 3 is 2.71 bits per heavy atom. The highest BCUT2D eigenvalue weighted by atomic mass is 16.5. The Morgan fingerprint density at radius 1 is 1.12 bits per heavy atom. The summed E-state index contributed by atoms with van der Waals surface area (Å²) in [4.78, 5) is 7.00. The van der Waals surface area contributed by atoms with Crippen molar-refractivity contribution in [2.75, 3.05) is 6.54 Å². The van der Waals surface area contributed by atoms with Crippen LogP contribution in [0.4, 0.5) is 0 Å². The molecule has 0 saturated carbocycles. The van der Waals surface area contributed by atoms with Crippen LogP contribution in [-0.2, 0) is 6.54 Å². The van der Waals surface area contributed by atoms with Crippen LogP contribution in [0.3, 0.4) is 0 Å². The highest BCUT2D eigenvalue weighted by molar-refractivity contribution is 5.53. The van der Waals surface area contributed by atoms with E-state index in [1.54, 1.807) is 0 Å². The fourth-order valence-corrected chi connectivity index (χ4v) is 3.30. The summed E-state index contributed by atoms with van der Waals surface area (Å²) in [6, 6.07) is 10.1. The molecule has 1 aromatic carbocycles. The van der Waals surface area contributed by atoms with Gasteiger partial charge < -0.3 is 9.05 Å². The number of nitrogens with zero attached hydrogens (tertiary/aromatic N) is 4. The SMILES string of the molecule is Cc1noc(C)c1CN1CCC[C@@H]1c1nc(-c2ccccc2)no1. The lowest BCUT2D eigenvalue weighted by Crippen LogP contribution is -2.23. The van der Waals surface area contributed by atoms with Crippen molar-refractivity contribution >= 4 is 0 Å². The molecule has 3 aromatic rings. The second-order valence-corrected chi connectivity index (χ2v) is 6.25. The van der Waals surface area contributed by atoms with Crippen molar-refractivity contribution in [2.24, 2.45) is 0 Å². The normalized spacial score (nSPS) is 18.3. The van der Waals surface area contributed by atoms with Crippen LogP contribution < -0.4 is 0 Å². The Morgan fingerprint density at radius 2 is 1.96 bits per heavy atom. The summed E-state index contributed by atoms with van der Waals surface area (Å²) in [5.41, 5.74) is 3.08. The molecule has 1 atom stereocenters. The summed E-state index contributed by atoms with van der Waals surface area (Å²) in [5.74, 6) is 2.22. The molecular weight excluding hydrogens is 304 g/mol. The van der Waals surface area contributed by atoms with Crippen LogP contribution in [0.5, 0.6) is 0 Å². The van der Waals surface area contributed by atoms with Crippen LogP contribution in [0.15, 0.2) is 39.4 Å². The maximum absolute atomic E-state index is 5.57. The fourth-order valence-electron chi connectivity index (χ4n) is 3.30. The van der Waals surface area contributed by atoms with Gasteiger partial charge in [-0.25, -0.2) is 0 Å². The van der Waals surface area contributed by atoms with Gasteiger partial charge in [0.1, 0.15) is 5.76 Å². The lowest BCUT2D eigenvalue weighted by atomic mass is 10.1. The molecule has 1 saturated heterocycles. The molecule has 0 spiro atoms. The van der Waals surface area contributed by atoms with Gasteiger partial charge in [0.15, 0.2) is 0 Å². The van der Waals surface area contributed by atoms with E-state index in [9.17, 15) is 0 Å². The Kier molecular flexibility index (Phi) is 3.90. The molecule has 0 unspecified atom stereocenters. The standard InChI is InChI=1S/C18H20N4O2/c1-12-15(13(2)23-20-12)11-22-10-6-9-16(22)18-19-17(21-24-18)14-7-4-3-5-8-14/h3-5,7-8,16H,6,9-11H2,1-2H3/t16-/m1/s1. The van der Waals surface area contributed by atoms with E-state index in [4.69, 9.17) is 9.05 Å². The van der Waals surface area contributed by atoms with Gasteiger partial charge in [0.2, 0.25) is 11.7 Å². The number of hydrogen-bond donors (Lipinski definition) is 0. The average molecular weight is 324 g/mol. The number of aromatic nitrogens is 3. The van der Waals surface area contributed by atoms with E-state index in [-0.39, 0.29) is 6.04 Å². The van der Waals surface area contributed by atoms with Gasteiger partial charge in [0.25, 0.3) is 0 Å². The lowest BCUT2D eigenvalue weighted by molar-refractivity contribution is 0.200. The molecule has 3 heterocycles. The molecule has 6 heteroatoms. The fraction of sp³-hybridized carbons (Fsp3) is 0.389. The molecule has 24 heavy (non-hydrogen) atoms. The molecular formula is C18H20N4O2. The van der Waals surface area contributed by atoms with Gasteiger partial charge in [-0.15, -0.1) is 0 Å². The first-order valence-electron chi connectivity index (χ1n) is 8.27. The summed E-state index contributed by atoms with van der Waals surface area (Å²) in [6.45, 7) is 5.75. The van der Waals surface area contributed by atoms with Crippen LogP contribution in [0, 0.1) is 13.8 Å². The summed E-state index contributed by atoms with van der Waals surface area (Å²) in [7, 11) is 0. The van der Waals surface area contributed by atoms with Crippen LogP contribution >= 0.6 is 0 Å². The maximum Gasteiger partial charge on any atom is 0.244 e. The molecule has 2 aromatic heterocycles. The first-order valence-corrected chi connectivity index (χ1v) is 8.27. The summed E-state index contributed by atoms with van der Waals surface area (Å²) >= 11 is 0. The smallest absolute Gasteiger partial charge is 0.244 e. The Bertz CT molecular complexity index is 805. The minimum atomic E-state index is 0.156. The van der Waals surface area contributed by atoms with Gasteiger partial charge in [-0.05, 0) is 33.2 Å². The van der Waals surface area contributed by atoms with Gasteiger partial charge in [-0.2, -0.15) is 4.98 Å². The van der Waals surface area contributed by atoms with Crippen molar-refractivity contribution < 1.29 is 9.05 Å². The number of benzene rings is 1. The van der Waals surface area contributed by atoms with E-state index in [0.717, 1.165) is 48.5 Å². The molecule has 1 fully saturated rings. The zero-order valence-electron chi connectivity index (χ0n) is 13.9. The minimum Gasteiger partial charge on any atom is -0.361 e. The highest BCUT2D eigenvalue weighted by Crippen LogP contribution is 2.34. The van der Waals surface area contributed by atoms with E-state index >= 15 is 0 Å². The van der Waals surface area contributed by atoms with E-state index < -0.39 is 0 Å².